The molecule has 4 heterocycles. The Hall–Kier alpha value is -3.12. The van der Waals surface area contributed by atoms with Gasteiger partial charge in [0.25, 0.3) is 5.56 Å². The first-order valence-electron chi connectivity index (χ1n) is 19.7. The van der Waals surface area contributed by atoms with Gasteiger partial charge in [-0.05, 0) is 18.9 Å². The smallest absolute Gasteiger partial charge is 0.330 e. The Morgan fingerprint density at radius 2 is 1.40 bits per heavy atom. The van der Waals surface area contributed by atoms with Gasteiger partial charge in [0, 0.05) is 25.6 Å². The molecule has 20 nitrogen and oxygen atoms in total. The van der Waals surface area contributed by atoms with Crippen molar-refractivity contribution in [3.63, 3.8) is 0 Å². The number of H-pyrrole nitrogens is 1. The number of carbonyl (C=O) groups is 2. The Morgan fingerprint density at radius 1 is 0.825 bits per heavy atom. The minimum atomic E-state index is -1.85. The molecule has 1 aromatic rings. The molecule has 57 heavy (non-hydrogen) atoms. The number of nitrogens with zero attached hydrogens (tertiary/aromatic N) is 1. The Bertz CT molecular complexity index is 1560. The van der Waals surface area contributed by atoms with Crippen molar-refractivity contribution >= 4 is 11.8 Å². The summed E-state index contributed by atoms with van der Waals surface area (Å²) in [5, 5.41) is 91.3. The van der Waals surface area contributed by atoms with E-state index in [-0.39, 0.29) is 0 Å². The lowest BCUT2D eigenvalue weighted by Gasteiger charge is -2.47. The summed E-state index contributed by atoms with van der Waals surface area (Å²) in [6.45, 7) is 2.52. The molecule has 11 N–H and O–H groups in total. The number of aliphatic hydroxyl groups is 8. The molecule has 3 aliphatic heterocycles. The first kappa shape index (κ1) is 46.6. The molecule has 15 atom stereocenters. The minimum Gasteiger partial charge on any atom is -0.394 e. The molecule has 3 fully saturated rings. The molecule has 0 unspecified atom stereocenters. The second-order valence-corrected chi connectivity index (χ2v) is 14.9. The molecule has 0 aliphatic carbocycles. The van der Waals surface area contributed by atoms with E-state index in [0.717, 1.165) is 49.4 Å². The first-order valence-corrected chi connectivity index (χ1v) is 19.7. The molecule has 0 bridgehead atoms. The molecule has 2 amide bonds. The molecule has 0 radical (unpaired) electrons. The van der Waals surface area contributed by atoms with Gasteiger partial charge in [-0.3, -0.25) is 23.9 Å². The third kappa shape index (κ3) is 12.4. The number of rotatable bonds is 20. The van der Waals surface area contributed by atoms with Crippen LogP contribution in [0, 0.1) is 0 Å². The molecular formula is C37H60N4O16. The summed E-state index contributed by atoms with van der Waals surface area (Å²) >= 11 is 0. The van der Waals surface area contributed by atoms with Crippen LogP contribution in [0.1, 0.15) is 90.7 Å². The molecule has 0 aromatic carbocycles. The first-order chi connectivity index (χ1) is 27.2. The van der Waals surface area contributed by atoms with Crippen LogP contribution in [-0.4, -0.2) is 155 Å². The molecule has 0 saturated carbocycles. The number of aromatic amines is 1. The van der Waals surface area contributed by atoms with Crippen LogP contribution in [0.15, 0.2) is 34.0 Å². The summed E-state index contributed by atoms with van der Waals surface area (Å²) in [5.41, 5.74) is -1.68. The monoisotopic (exact) mass is 816 g/mol. The number of hydrogen-bond acceptors (Lipinski definition) is 16. The number of aromatic nitrogens is 2. The topological polar surface area (TPSA) is 312 Å². The molecule has 324 valence electrons. The molecule has 1 aromatic heterocycles. The number of nitrogens with one attached hydrogen (secondary N) is 3. The highest BCUT2D eigenvalue weighted by Crippen LogP contribution is 2.34. The van der Waals surface area contributed by atoms with E-state index >= 15 is 0 Å². The van der Waals surface area contributed by atoms with Crippen LogP contribution in [0.2, 0.25) is 0 Å². The third-order valence-corrected chi connectivity index (χ3v) is 10.5. The largest absolute Gasteiger partial charge is 0.394 e. The van der Waals surface area contributed by atoms with Crippen molar-refractivity contribution in [1.29, 1.82) is 0 Å². The average Bonchev–Trinajstić information content (AvgIpc) is 3.46. The highest BCUT2D eigenvalue weighted by Gasteiger charge is 2.53. The van der Waals surface area contributed by atoms with Crippen LogP contribution in [0.4, 0.5) is 0 Å². The van der Waals surface area contributed by atoms with E-state index in [1.165, 1.54) is 38.2 Å². The maximum Gasteiger partial charge on any atom is 0.330 e. The fourth-order valence-electron chi connectivity index (χ4n) is 7.32. The lowest BCUT2D eigenvalue weighted by Crippen LogP contribution is -2.68. The quantitative estimate of drug-likeness (QED) is 0.0470. The van der Waals surface area contributed by atoms with Gasteiger partial charge < -0.3 is 70.4 Å². The summed E-state index contributed by atoms with van der Waals surface area (Å²) in [7, 11) is 0. The van der Waals surface area contributed by atoms with Crippen molar-refractivity contribution in [3.8, 4) is 0 Å². The zero-order valence-corrected chi connectivity index (χ0v) is 32.2. The number of unbranched alkanes of at least 4 members (excludes halogenated alkanes) is 9. The number of carbonyl (C=O) groups excluding carboxylic acids is 2. The van der Waals surface area contributed by atoms with Crippen LogP contribution >= 0.6 is 0 Å². The van der Waals surface area contributed by atoms with Crippen molar-refractivity contribution in [2.24, 2.45) is 0 Å². The van der Waals surface area contributed by atoms with Crippen LogP contribution < -0.4 is 21.9 Å². The Kier molecular flexibility index (Phi) is 18.2. The van der Waals surface area contributed by atoms with Crippen LogP contribution in [0.5, 0.6) is 0 Å². The van der Waals surface area contributed by atoms with E-state index < -0.39 is 128 Å². The zero-order valence-electron chi connectivity index (χ0n) is 32.2. The fourth-order valence-corrected chi connectivity index (χ4v) is 7.32. The van der Waals surface area contributed by atoms with Crippen LogP contribution in [0.25, 0.3) is 0 Å². The van der Waals surface area contributed by atoms with Gasteiger partial charge in [-0.25, -0.2) is 4.79 Å². The summed E-state index contributed by atoms with van der Waals surface area (Å²) in [6, 6.07) is -2.01. The van der Waals surface area contributed by atoms with Gasteiger partial charge in [-0.1, -0.05) is 64.4 Å². The SMILES string of the molecule is CCCCCCCCCCC/C=C/C(=O)N[C@@H]1[C@H](O[C@@H]2O[C@H](CO)[C@H](O)[C@H](O)[C@@H]2NC(C)=O)O[C@H](C[C@H](O)[C@@H]2O[C@H](n3ccc(=O)[nH]c3=O)[C@H](O)[C@@H]2O)[C@@H](O)[C@@H]1O. The molecule has 4 rings (SSSR count). The van der Waals surface area contributed by atoms with Gasteiger partial charge >= 0.3 is 5.69 Å². The highest BCUT2D eigenvalue weighted by molar-refractivity contribution is 5.87. The van der Waals surface area contributed by atoms with Gasteiger partial charge in [0.15, 0.2) is 18.8 Å². The Morgan fingerprint density at radius 3 is 2.00 bits per heavy atom. The van der Waals surface area contributed by atoms with E-state index in [1.807, 2.05) is 4.98 Å². The molecule has 20 heteroatoms. The van der Waals surface area contributed by atoms with Crippen molar-refractivity contribution in [2.45, 2.75) is 176 Å². The van der Waals surface area contributed by atoms with E-state index in [4.69, 9.17) is 18.9 Å². The van der Waals surface area contributed by atoms with Crippen molar-refractivity contribution in [3.05, 3.63) is 45.3 Å². The minimum absolute atomic E-state index is 0.597. The Balaban J connectivity index is 1.48. The van der Waals surface area contributed by atoms with Gasteiger partial charge in [-0.15, -0.1) is 0 Å². The summed E-state index contributed by atoms with van der Waals surface area (Å²) in [5.74, 6) is -1.35. The number of aliphatic hydroxyl groups excluding tert-OH is 8. The van der Waals surface area contributed by atoms with Gasteiger partial charge in [0.2, 0.25) is 11.8 Å². The van der Waals surface area contributed by atoms with Gasteiger partial charge in [-0.2, -0.15) is 0 Å². The van der Waals surface area contributed by atoms with Crippen molar-refractivity contribution in [1.82, 2.24) is 20.2 Å². The molecule has 3 saturated heterocycles. The van der Waals surface area contributed by atoms with E-state index in [0.29, 0.717) is 6.42 Å². The van der Waals surface area contributed by atoms with Crippen molar-refractivity contribution < 1.29 is 69.4 Å². The summed E-state index contributed by atoms with van der Waals surface area (Å²) in [4.78, 5) is 51.0. The molecule has 0 spiro atoms. The maximum absolute atomic E-state index is 13.1. The van der Waals surface area contributed by atoms with Crippen LogP contribution in [0.3, 0.4) is 0 Å². The predicted molar refractivity (Wildman–Crippen MR) is 198 cm³/mol. The lowest BCUT2D eigenvalue weighted by atomic mass is 9.91. The summed E-state index contributed by atoms with van der Waals surface area (Å²) < 4.78 is 24.1. The third-order valence-electron chi connectivity index (χ3n) is 10.5. The standard InChI is InChI=1S/C37H60N4O16/c1-3-4-5-6-7-8-9-10-11-12-13-14-23(45)39-26-30(50)27(47)21(54-36(26)57-35-25(38-19(2)43)29(49)28(48)22(18-42)55-35)17-20(44)33-31(51)32(52)34(56-33)41-16-15-24(46)40-37(41)53/h13-16,20-22,25-36,42,44,47-52H,3-12,17-18H2,1-2H3,(H,38,43)(H,39,45)(H,40,46,53)/b14-13+/t20-,21+,22+,25-,26-,27+,28-,29+,30+,31-,32+,33-,34-,35-,36-/m0/s1. The second kappa shape index (κ2) is 22.3. The fraction of sp³-hybridized carbons (Fsp3) is 0.784. The van der Waals surface area contributed by atoms with Crippen molar-refractivity contribution in [2.75, 3.05) is 6.61 Å². The average molecular weight is 817 g/mol. The van der Waals surface area contributed by atoms with Gasteiger partial charge in [0.05, 0.1) is 18.8 Å². The van der Waals surface area contributed by atoms with Crippen LogP contribution in [-0.2, 0) is 28.5 Å². The second-order valence-electron chi connectivity index (χ2n) is 14.9. The van der Waals surface area contributed by atoms with E-state index in [2.05, 4.69) is 17.6 Å². The Labute approximate surface area is 329 Å². The number of allylic oxidation sites excluding steroid dienone is 1. The van der Waals surface area contributed by atoms with Gasteiger partial charge in [0.1, 0.15) is 60.9 Å². The van der Waals surface area contributed by atoms with E-state index in [1.54, 1.807) is 6.08 Å². The van der Waals surface area contributed by atoms with E-state index in [9.17, 15) is 60.0 Å². The zero-order chi connectivity index (χ0) is 41.8. The lowest BCUT2D eigenvalue weighted by molar-refractivity contribution is -0.346. The predicted octanol–water partition coefficient (Wildman–Crippen LogP) is -2.72. The number of ether oxygens (including phenoxy) is 4. The maximum atomic E-state index is 13.1. The number of amides is 2. The molecule has 3 aliphatic rings. The summed E-state index contributed by atoms with van der Waals surface area (Å²) in [6.07, 6.45) is -7.70. The highest BCUT2D eigenvalue weighted by atomic mass is 16.8. The number of hydrogen-bond donors (Lipinski definition) is 11. The normalized spacial score (nSPS) is 35.0. The molecular weight excluding hydrogens is 756 g/mol.